The first-order valence-electron chi connectivity index (χ1n) is 7.84. The van der Waals surface area contributed by atoms with Crippen molar-refractivity contribution < 1.29 is 14.7 Å². The zero-order valence-corrected chi connectivity index (χ0v) is 14.5. The molecule has 0 aliphatic rings. The molecule has 130 valence electrons. The maximum absolute atomic E-state index is 12.0. The Morgan fingerprint density at radius 3 is 2.44 bits per heavy atom. The van der Waals surface area contributed by atoms with Crippen molar-refractivity contribution in [3.63, 3.8) is 0 Å². The average molecular weight is 339 g/mol. The van der Waals surface area contributed by atoms with Crippen LogP contribution in [0.2, 0.25) is 0 Å². The number of nitrogens with zero attached hydrogens (tertiary/aromatic N) is 1. The number of phenolic OH excluding ortho intramolecular Hbond substituents is 1. The summed E-state index contributed by atoms with van der Waals surface area (Å²) in [4.78, 5) is 23.7. The third kappa shape index (κ3) is 5.17. The molecule has 0 unspecified atom stereocenters. The molecule has 0 aromatic heterocycles. The van der Waals surface area contributed by atoms with Crippen LogP contribution < -0.4 is 10.7 Å². The summed E-state index contributed by atoms with van der Waals surface area (Å²) in [5.74, 6) is -0.489. The Kier molecular flexibility index (Phi) is 5.89. The van der Waals surface area contributed by atoms with Crippen molar-refractivity contribution >= 4 is 18.0 Å². The van der Waals surface area contributed by atoms with Gasteiger partial charge < -0.3 is 10.4 Å². The first-order valence-corrected chi connectivity index (χ1v) is 7.84. The number of nitrogens with one attached hydrogen (secondary N) is 2. The number of carbonyl (C=O) groups is 2. The van der Waals surface area contributed by atoms with Crippen LogP contribution in [0.15, 0.2) is 41.5 Å². The van der Waals surface area contributed by atoms with E-state index in [0.717, 1.165) is 22.3 Å². The van der Waals surface area contributed by atoms with Crippen molar-refractivity contribution in [2.75, 3.05) is 6.54 Å². The molecule has 2 aromatic rings. The lowest BCUT2D eigenvalue weighted by molar-refractivity contribution is -0.120. The smallest absolute Gasteiger partial charge is 0.259 e. The van der Waals surface area contributed by atoms with E-state index >= 15 is 0 Å². The first-order chi connectivity index (χ1) is 11.9. The van der Waals surface area contributed by atoms with Crippen LogP contribution >= 0.6 is 0 Å². The van der Waals surface area contributed by atoms with Crippen LogP contribution in [0.3, 0.4) is 0 Å². The van der Waals surface area contributed by atoms with Gasteiger partial charge in [0.1, 0.15) is 5.75 Å². The second kappa shape index (κ2) is 8.10. The van der Waals surface area contributed by atoms with Gasteiger partial charge in [-0.15, -0.1) is 0 Å². The second-order valence-corrected chi connectivity index (χ2v) is 5.85. The van der Waals surface area contributed by atoms with Gasteiger partial charge in [0.2, 0.25) is 0 Å². The molecule has 6 heteroatoms. The summed E-state index contributed by atoms with van der Waals surface area (Å²) in [6.45, 7) is 5.31. The Morgan fingerprint density at radius 2 is 1.80 bits per heavy atom. The van der Waals surface area contributed by atoms with E-state index in [1.807, 2.05) is 13.0 Å². The second-order valence-electron chi connectivity index (χ2n) is 5.85. The third-order valence-electron chi connectivity index (χ3n) is 3.61. The van der Waals surface area contributed by atoms with Crippen molar-refractivity contribution in [3.05, 3.63) is 64.2 Å². The summed E-state index contributed by atoms with van der Waals surface area (Å²) < 4.78 is 0. The Balaban J connectivity index is 1.85. The van der Waals surface area contributed by atoms with Gasteiger partial charge in [-0.3, -0.25) is 9.59 Å². The van der Waals surface area contributed by atoms with Crippen LogP contribution in [0.25, 0.3) is 0 Å². The number of benzene rings is 2. The van der Waals surface area contributed by atoms with Crippen LogP contribution in [0, 0.1) is 20.8 Å². The predicted molar refractivity (Wildman–Crippen MR) is 96.8 cm³/mol. The Hall–Kier alpha value is -3.15. The number of aryl methyl sites for hydroxylation is 3. The number of rotatable bonds is 5. The number of aromatic hydroxyl groups is 1. The summed E-state index contributed by atoms with van der Waals surface area (Å²) in [6, 6.07) is 10.6. The van der Waals surface area contributed by atoms with Crippen LogP contribution in [0.4, 0.5) is 0 Å². The van der Waals surface area contributed by atoms with E-state index in [0.29, 0.717) is 5.56 Å². The Bertz CT molecular complexity index is 805. The molecule has 0 fully saturated rings. The van der Waals surface area contributed by atoms with Crippen molar-refractivity contribution in [1.29, 1.82) is 0 Å². The third-order valence-corrected chi connectivity index (χ3v) is 3.61. The number of hydrogen-bond donors (Lipinski definition) is 3. The molecule has 6 nitrogen and oxygen atoms in total. The van der Waals surface area contributed by atoms with E-state index in [-0.39, 0.29) is 18.2 Å². The van der Waals surface area contributed by atoms with Crippen molar-refractivity contribution in [3.8, 4) is 5.75 Å². The lowest BCUT2D eigenvalue weighted by atomic mass is 10.1. The highest BCUT2D eigenvalue weighted by molar-refractivity contribution is 5.96. The normalized spacial score (nSPS) is 10.7. The minimum atomic E-state index is -0.426. The highest BCUT2D eigenvalue weighted by Crippen LogP contribution is 2.21. The lowest BCUT2D eigenvalue weighted by Crippen LogP contribution is -2.34. The maximum atomic E-state index is 12.0. The monoisotopic (exact) mass is 339 g/mol. The number of amides is 2. The predicted octanol–water partition coefficient (Wildman–Crippen LogP) is 2.20. The van der Waals surface area contributed by atoms with Gasteiger partial charge in [0.15, 0.2) is 0 Å². The molecule has 2 aromatic carbocycles. The van der Waals surface area contributed by atoms with Gasteiger partial charge >= 0.3 is 0 Å². The molecule has 0 saturated heterocycles. The Labute approximate surface area is 146 Å². The minimum absolute atomic E-state index is 0.169. The lowest BCUT2D eigenvalue weighted by Gasteiger charge is -2.06. The van der Waals surface area contributed by atoms with E-state index < -0.39 is 5.91 Å². The zero-order chi connectivity index (χ0) is 18.4. The molecule has 0 saturated carbocycles. The van der Waals surface area contributed by atoms with E-state index in [9.17, 15) is 14.7 Å². The molecule has 0 bridgehead atoms. The average Bonchev–Trinajstić information content (AvgIpc) is 2.57. The number of carbonyl (C=O) groups excluding carboxylic acids is 2. The fourth-order valence-electron chi connectivity index (χ4n) is 2.33. The number of phenols is 1. The fraction of sp³-hybridized carbons (Fsp3) is 0.211. The fourth-order valence-corrected chi connectivity index (χ4v) is 2.33. The molecule has 3 N–H and O–H groups in total. The largest absolute Gasteiger partial charge is 0.507 e. The number of hydrogen-bond acceptors (Lipinski definition) is 4. The molecule has 0 spiro atoms. The van der Waals surface area contributed by atoms with Crippen LogP contribution in [-0.4, -0.2) is 29.7 Å². The van der Waals surface area contributed by atoms with Gasteiger partial charge in [-0.25, -0.2) is 5.43 Å². The molecule has 0 aliphatic carbocycles. The van der Waals surface area contributed by atoms with Crippen molar-refractivity contribution in [2.45, 2.75) is 20.8 Å². The molecule has 0 heterocycles. The summed E-state index contributed by atoms with van der Waals surface area (Å²) in [5.41, 5.74) is 6.07. The van der Waals surface area contributed by atoms with E-state index in [1.54, 1.807) is 44.2 Å². The molecule has 0 atom stereocenters. The number of hydrazone groups is 1. The van der Waals surface area contributed by atoms with Crippen LogP contribution in [0.5, 0.6) is 5.75 Å². The summed E-state index contributed by atoms with van der Waals surface area (Å²) in [7, 11) is 0. The SMILES string of the molecule is Cc1cccc(C(=O)NCC(=O)N/N=C/c2cc(C)c(O)c(C)c2)c1. The van der Waals surface area contributed by atoms with Crippen molar-refractivity contribution in [1.82, 2.24) is 10.7 Å². The zero-order valence-electron chi connectivity index (χ0n) is 14.5. The summed E-state index contributed by atoms with van der Waals surface area (Å²) >= 11 is 0. The standard InChI is InChI=1S/C19H21N3O3/c1-12-5-4-6-16(7-12)19(25)20-11-17(23)22-21-10-15-8-13(2)18(24)14(3)9-15/h4-10,24H,11H2,1-3H3,(H,20,25)(H,22,23)/b21-10+. The summed E-state index contributed by atoms with van der Waals surface area (Å²) in [6.07, 6.45) is 1.49. The molecule has 2 rings (SSSR count). The van der Waals surface area contributed by atoms with E-state index in [1.165, 1.54) is 6.21 Å². The van der Waals surface area contributed by atoms with E-state index in [2.05, 4.69) is 15.8 Å². The Morgan fingerprint density at radius 1 is 1.12 bits per heavy atom. The van der Waals surface area contributed by atoms with Gasteiger partial charge in [0, 0.05) is 5.56 Å². The molecular weight excluding hydrogens is 318 g/mol. The molecule has 2 amide bonds. The topological polar surface area (TPSA) is 90.8 Å². The van der Waals surface area contributed by atoms with Gasteiger partial charge in [-0.1, -0.05) is 17.7 Å². The van der Waals surface area contributed by atoms with Crippen LogP contribution in [0.1, 0.15) is 32.6 Å². The molecule has 0 radical (unpaired) electrons. The van der Waals surface area contributed by atoms with Crippen LogP contribution in [-0.2, 0) is 4.79 Å². The molecule has 25 heavy (non-hydrogen) atoms. The van der Waals surface area contributed by atoms with Gasteiger partial charge in [0.05, 0.1) is 12.8 Å². The quantitative estimate of drug-likeness (QED) is 0.576. The highest BCUT2D eigenvalue weighted by Gasteiger charge is 2.07. The minimum Gasteiger partial charge on any atom is -0.507 e. The maximum Gasteiger partial charge on any atom is 0.259 e. The van der Waals surface area contributed by atoms with E-state index in [4.69, 9.17) is 0 Å². The van der Waals surface area contributed by atoms with Crippen molar-refractivity contribution in [2.24, 2.45) is 5.10 Å². The first kappa shape index (κ1) is 18.2. The molecule has 0 aliphatic heterocycles. The summed E-state index contributed by atoms with van der Waals surface area (Å²) in [5, 5.41) is 16.1. The highest BCUT2D eigenvalue weighted by atomic mass is 16.3. The van der Waals surface area contributed by atoms with Gasteiger partial charge in [0.25, 0.3) is 11.8 Å². The van der Waals surface area contributed by atoms with Gasteiger partial charge in [-0.05, 0) is 61.7 Å². The van der Waals surface area contributed by atoms with Gasteiger partial charge in [-0.2, -0.15) is 5.10 Å². The molecular formula is C19H21N3O3.